The lowest BCUT2D eigenvalue weighted by Gasteiger charge is -2.11. The van der Waals surface area contributed by atoms with Gasteiger partial charge in [-0.25, -0.2) is 4.79 Å². The zero-order chi connectivity index (χ0) is 14.0. The smallest absolute Gasteiger partial charge is 0.341 e. The van der Waals surface area contributed by atoms with E-state index < -0.39 is 11.5 Å². The molecule has 0 aliphatic heterocycles. The maximum atomic E-state index is 12.2. The summed E-state index contributed by atoms with van der Waals surface area (Å²) in [5, 5.41) is 9.14. The highest BCUT2D eigenvalue weighted by atomic mass is 32.2. The maximum Gasteiger partial charge on any atom is 0.341 e. The van der Waals surface area contributed by atoms with E-state index in [4.69, 9.17) is 10.00 Å². The maximum absolute atomic E-state index is 12.2. The van der Waals surface area contributed by atoms with Crippen molar-refractivity contribution in [1.82, 2.24) is 4.40 Å². The van der Waals surface area contributed by atoms with Gasteiger partial charge in [0.15, 0.2) is 0 Å². The largest absolute Gasteiger partial charge is 0.465 e. The van der Waals surface area contributed by atoms with Gasteiger partial charge in [0.05, 0.1) is 18.2 Å². The standard InChI is InChI=1S/C13H10N2O3S/c1-18-13(17)10-9-5-3-4-6-15(9)12(16)8(7-14)11(10)19-2/h3-6H,1-2H3. The Hall–Kier alpha value is -2.26. The monoisotopic (exact) mass is 274 g/mol. The summed E-state index contributed by atoms with van der Waals surface area (Å²) in [5.74, 6) is -0.565. The van der Waals surface area contributed by atoms with Gasteiger partial charge in [0.25, 0.3) is 5.56 Å². The van der Waals surface area contributed by atoms with Crippen molar-refractivity contribution in [2.75, 3.05) is 13.4 Å². The average molecular weight is 274 g/mol. The molecule has 0 aliphatic carbocycles. The van der Waals surface area contributed by atoms with E-state index in [2.05, 4.69) is 0 Å². The van der Waals surface area contributed by atoms with Gasteiger partial charge in [0.2, 0.25) is 0 Å². The first-order valence-electron chi connectivity index (χ1n) is 5.35. The molecule has 19 heavy (non-hydrogen) atoms. The molecule has 0 amide bonds. The van der Waals surface area contributed by atoms with Crippen LogP contribution in [0.1, 0.15) is 15.9 Å². The summed E-state index contributed by atoms with van der Waals surface area (Å²) in [6.07, 6.45) is 3.23. The van der Waals surface area contributed by atoms with E-state index in [1.807, 2.05) is 6.07 Å². The van der Waals surface area contributed by atoms with Crippen LogP contribution >= 0.6 is 11.8 Å². The lowest BCUT2D eigenvalue weighted by molar-refractivity contribution is 0.0598. The number of aromatic nitrogens is 1. The molecule has 2 heterocycles. The Morgan fingerprint density at radius 2 is 2.21 bits per heavy atom. The third-order valence-corrected chi connectivity index (χ3v) is 3.52. The molecule has 2 rings (SSSR count). The fraction of sp³-hybridized carbons (Fsp3) is 0.154. The number of nitriles is 1. The molecule has 0 atom stereocenters. The number of methoxy groups -OCH3 is 1. The Labute approximate surface area is 113 Å². The Morgan fingerprint density at radius 3 is 2.79 bits per heavy atom. The van der Waals surface area contributed by atoms with Gasteiger partial charge in [0.1, 0.15) is 11.6 Å². The summed E-state index contributed by atoms with van der Waals surface area (Å²) in [7, 11) is 1.27. The topological polar surface area (TPSA) is 71.6 Å². The van der Waals surface area contributed by atoms with Gasteiger partial charge >= 0.3 is 5.97 Å². The fourth-order valence-electron chi connectivity index (χ4n) is 1.88. The second-order valence-corrected chi connectivity index (χ2v) is 4.46. The minimum absolute atomic E-state index is 0.0448. The molecule has 2 aromatic rings. The Bertz CT molecular complexity index is 759. The second-order valence-electron chi connectivity index (χ2n) is 3.65. The number of hydrogen-bond donors (Lipinski definition) is 0. The summed E-state index contributed by atoms with van der Waals surface area (Å²) in [6, 6.07) is 6.89. The first-order chi connectivity index (χ1) is 9.15. The molecule has 2 aromatic heterocycles. The van der Waals surface area contributed by atoms with E-state index in [9.17, 15) is 9.59 Å². The van der Waals surface area contributed by atoms with Crippen molar-refractivity contribution in [1.29, 1.82) is 5.26 Å². The summed E-state index contributed by atoms with van der Waals surface area (Å²) in [4.78, 5) is 24.5. The van der Waals surface area contributed by atoms with Crippen molar-refractivity contribution in [2.45, 2.75) is 4.90 Å². The van der Waals surface area contributed by atoms with Crippen molar-refractivity contribution < 1.29 is 9.53 Å². The van der Waals surface area contributed by atoms with Crippen LogP contribution in [0.4, 0.5) is 0 Å². The predicted molar refractivity (Wildman–Crippen MR) is 71.5 cm³/mol. The van der Waals surface area contributed by atoms with Crippen LogP contribution < -0.4 is 5.56 Å². The second kappa shape index (κ2) is 5.16. The first kappa shape index (κ1) is 13.2. The predicted octanol–water partition coefficient (Wildman–Crippen LogP) is 1.68. The summed E-state index contributed by atoms with van der Waals surface area (Å²) >= 11 is 1.18. The highest BCUT2D eigenvalue weighted by Gasteiger charge is 2.22. The highest BCUT2D eigenvalue weighted by Crippen LogP contribution is 2.26. The van der Waals surface area contributed by atoms with Crippen molar-refractivity contribution in [3.05, 3.63) is 45.9 Å². The number of thioether (sulfide) groups is 1. The van der Waals surface area contributed by atoms with Crippen LogP contribution in [0.15, 0.2) is 34.1 Å². The first-order valence-corrected chi connectivity index (χ1v) is 6.58. The number of pyridine rings is 2. The van der Waals surface area contributed by atoms with E-state index in [0.29, 0.717) is 10.4 Å². The quantitative estimate of drug-likeness (QED) is 0.615. The minimum atomic E-state index is -0.565. The zero-order valence-corrected chi connectivity index (χ0v) is 11.2. The van der Waals surface area contributed by atoms with Crippen LogP contribution in [-0.4, -0.2) is 23.7 Å². The third-order valence-electron chi connectivity index (χ3n) is 2.71. The molecule has 0 aliphatic rings. The van der Waals surface area contributed by atoms with Crippen LogP contribution in [-0.2, 0) is 4.74 Å². The Kier molecular flexibility index (Phi) is 3.58. The number of nitrogens with zero attached hydrogens (tertiary/aromatic N) is 2. The minimum Gasteiger partial charge on any atom is -0.465 e. The van der Waals surface area contributed by atoms with E-state index in [-0.39, 0.29) is 11.1 Å². The van der Waals surface area contributed by atoms with Gasteiger partial charge < -0.3 is 4.74 Å². The van der Waals surface area contributed by atoms with Gasteiger partial charge in [0, 0.05) is 11.1 Å². The van der Waals surface area contributed by atoms with Crippen molar-refractivity contribution in [2.24, 2.45) is 0 Å². The van der Waals surface area contributed by atoms with Crippen LogP contribution in [0, 0.1) is 11.3 Å². The molecule has 96 valence electrons. The van der Waals surface area contributed by atoms with E-state index in [0.717, 1.165) is 0 Å². The SMILES string of the molecule is COC(=O)c1c(SC)c(C#N)c(=O)n2ccccc12. The summed E-state index contributed by atoms with van der Waals surface area (Å²) in [5.41, 5.74) is 0.196. The molecule has 0 aromatic carbocycles. The lowest BCUT2D eigenvalue weighted by atomic mass is 10.1. The molecular formula is C13H10N2O3S. The van der Waals surface area contributed by atoms with Gasteiger partial charge in [-0.2, -0.15) is 5.26 Å². The molecular weight excluding hydrogens is 264 g/mol. The number of rotatable bonds is 2. The molecule has 0 spiro atoms. The van der Waals surface area contributed by atoms with Gasteiger partial charge in [-0.15, -0.1) is 11.8 Å². The van der Waals surface area contributed by atoms with Crippen LogP contribution in [0.3, 0.4) is 0 Å². The van der Waals surface area contributed by atoms with Crippen LogP contribution in [0.2, 0.25) is 0 Å². The molecule has 0 radical (unpaired) electrons. The number of ether oxygens (including phenoxy) is 1. The van der Waals surface area contributed by atoms with Gasteiger partial charge in [-0.3, -0.25) is 9.20 Å². The molecule has 0 N–H and O–H groups in total. The molecule has 6 heteroatoms. The average Bonchev–Trinajstić information content (AvgIpc) is 2.46. The molecule has 0 saturated carbocycles. The lowest BCUT2D eigenvalue weighted by Crippen LogP contribution is -2.21. The molecule has 5 nitrogen and oxygen atoms in total. The van der Waals surface area contributed by atoms with Crippen LogP contribution in [0.5, 0.6) is 0 Å². The molecule has 0 fully saturated rings. The Balaban J connectivity index is 3.07. The zero-order valence-electron chi connectivity index (χ0n) is 10.3. The normalized spacial score (nSPS) is 10.2. The fourth-order valence-corrected chi connectivity index (χ4v) is 2.61. The number of carbonyl (C=O) groups excluding carboxylic acids is 1. The van der Waals surface area contributed by atoms with E-state index >= 15 is 0 Å². The third kappa shape index (κ3) is 1.98. The van der Waals surface area contributed by atoms with Gasteiger partial charge in [-0.05, 0) is 18.4 Å². The number of fused-ring (bicyclic) bond motifs is 1. The summed E-state index contributed by atoms with van der Waals surface area (Å²) in [6.45, 7) is 0. The van der Waals surface area contributed by atoms with Crippen molar-refractivity contribution in [3.8, 4) is 6.07 Å². The van der Waals surface area contributed by atoms with E-state index in [1.165, 1.54) is 29.5 Å². The number of esters is 1. The van der Waals surface area contributed by atoms with Gasteiger partial charge in [-0.1, -0.05) is 6.07 Å². The van der Waals surface area contributed by atoms with Crippen molar-refractivity contribution in [3.63, 3.8) is 0 Å². The molecule has 0 unspecified atom stereocenters. The Morgan fingerprint density at radius 1 is 1.47 bits per heavy atom. The van der Waals surface area contributed by atoms with E-state index in [1.54, 1.807) is 24.5 Å². The molecule has 0 saturated heterocycles. The summed E-state index contributed by atoms with van der Waals surface area (Å²) < 4.78 is 6.03. The number of hydrogen-bond acceptors (Lipinski definition) is 5. The number of carbonyl (C=O) groups is 1. The molecule has 0 bridgehead atoms. The highest BCUT2D eigenvalue weighted by molar-refractivity contribution is 7.98. The van der Waals surface area contributed by atoms with Crippen LogP contribution in [0.25, 0.3) is 5.52 Å². The van der Waals surface area contributed by atoms with Crippen molar-refractivity contribution >= 4 is 23.2 Å².